The predicted molar refractivity (Wildman–Crippen MR) is 68.4 cm³/mol. The molecule has 20 heavy (non-hydrogen) atoms. The molecule has 2 N–H and O–H groups in total. The van der Waals surface area contributed by atoms with Crippen molar-refractivity contribution >= 4 is 11.6 Å². The van der Waals surface area contributed by atoms with Gasteiger partial charge in [-0.05, 0) is 29.8 Å². The van der Waals surface area contributed by atoms with Gasteiger partial charge in [0.15, 0.2) is 0 Å². The molecule has 0 radical (unpaired) electrons. The molecule has 1 unspecified atom stereocenters. The number of ether oxygens (including phenoxy) is 1. The first kappa shape index (κ1) is 14.6. The zero-order valence-electron chi connectivity index (χ0n) is 10.1. The van der Waals surface area contributed by atoms with E-state index in [1.807, 2.05) is 0 Å². The maximum atomic E-state index is 12.2. The van der Waals surface area contributed by atoms with Crippen molar-refractivity contribution in [3.8, 4) is 5.75 Å². The highest BCUT2D eigenvalue weighted by atomic mass is 35.5. The van der Waals surface area contributed by atoms with Gasteiger partial charge in [0.1, 0.15) is 5.75 Å². The lowest BCUT2D eigenvalue weighted by molar-refractivity contribution is -0.274. The standard InChI is InChI=1S/C13H10ClF3N2O/c14-9-4-5-11(19-7-9)12(18)8-2-1-3-10(6-8)20-13(15,16)17/h1-7,12H,18H2. The van der Waals surface area contributed by atoms with Gasteiger partial charge in [-0.1, -0.05) is 23.7 Å². The number of benzene rings is 1. The maximum absolute atomic E-state index is 12.2. The molecule has 0 aliphatic heterocycles. The molecule has 1 aromatic carbocycles. The van der Waals surface area contributed by atoms with E-state index in [-0.39, 0.29) is 5.75 Å². The molecule has 0 bridgehead atoms. The molecular weight excluding hydrogens is 293 g/mol. The number of nitrogens with zero attached hydrogens (tertiary/aromatic N) is 1. The quantitative estimate of drug-likeness (QED) is 0.941. The molecule has 0 fully saturated rings. The minimum Gasteiger partial charge on any atom is -0.406 e. The van der Waals surface area contributed by atoms with Crippen LogP contribution in [0.25, 0.3) is 0 Å². The van der Waals surface area contributed by atoms with E-state index in [0.29, 0.717) is 16.3 Å². The zero-order chi connectivity index (χ0) is 14.8. The van der Waals surface area contributed by atoms with Gasteiger partial charge in [0, 0.05) is 6.20 Å². The van der Waals surface area contributed by atoms with Crippen molar-refractivity contribution in [2.24, 2.45) is 5.73 Å². The summed E-state index contributed by atoms with van der Waals surface area (Å²) in [6, 6.07) is 8.04. The Morgan fingerprint density at radius 1 is 1.20 bits per heavy atom. The van der Waals surface area contributed by atoms with E-state index in [2.05, 4.69) is 9.72 Å². The fraction of sp³-hybridized carbons (Fsp3) is 0.154. The Kier molecular flexibility index (Phi) is 4.15. The highest BCUT2D eigenvalue weighted by molar-refractivity contribution is 6.30. The fourth-order valence-electron chi connectivity index (χ4n) is 1.65. The fourth-order valence-corrected chi connectivity index (χ4v) is 1.76. The lowest BCUT2D eigenvalue weighted by Crippen LogP contribution is -2.18. The van der Waals surface area contributed by atoms with Crippen LogP contribution in [-0.2, 0) is 0 Å². The number of aromatic nitrogens is 1. The maximum Gasteiger partial charge on any atom is 0.573 e. The van der Waals surface area contributed by atoms with E-state index in [1.165, 1.54) is 24.4 Å². The van der Waals surface area contributed by atoms with Gasteiger partial charge in [-0.2, -0.15) is 0 Å². The number of nitrogens with two attached hydrogens (primary N) is 1. The minimum atomic E-state index is -4.73. The van der Waals surface area contributed by atoms with Crippen molar-refractivity contribution in [2.75, 3.05) is 0 Å². The van der Waals surface area contributed by atoms with E-state index in [9.17, 15) is 13.2 Å². The summed E-state index contributed by atoms with van der Waals surface area (Å²) in [6.45, 7) is 0. The van der Waals surface area contributed by atoms with Crippen LogP contribution in [0.2, 0.25) is 5.02 Å². The summed E-state index contributed by atoms with van der Waals surface area (Å²) >= 11 is 5.71. The van der Waals surface area contributed by atoms with Gasteiger partial charge in [0.05, 0.1) is 16.8 Å². The number of pyridine rings is 1. The third-order valence-electron chi connectivity index (χ3n) is 2.52. The SMILES string of the molecule is NC(c1cccc(OC(F)(F)F)c1)c1ccc(Cl)cn1. The zero-order valence-corrected chi connectivity index (χ0v) is 10.8. The Labute approximate surface area is 118 Å². The third-order valence-corrected chi connectivity index (χ3v) is 2.74. The normalized spacial score (nSPS) is 13.1. The number of hydrogen-bond acceptors (Lipinski definition) is 3. The van der Waals surface area contributed by atoms with Crippen LogP contribution in [0.4, 0.5) is 13.2 Å². The van der Waals surface area contributed by atoms with Crippen LogP contribution < -0.4 is 10.5 Å². The van der Waals surface area contributed by atoms with E-state index in [0.717, 1.165) is 0 Å². The van der Waals surface area contributed by atoms with Crippen molar-refractivity contribution in [3.63, 3.8) is 0 Å². The molecule has 106 valence electrons. The van der Waals surface area contributed by atoms with E-state index in [1.54, 1.807) is 18.2 Å². The molecule has 7 heteroatoms. The second kappa shape index (κ2) is 5.68. The molecule has 0 amide bonds. The summed E-state index contributed by atoms with van der Waals surface area (Å²) in [4.78, 5) is 4.04. The monoisotopic (exact) mass is 302 g/mol. The van der Waals surface area contributed by atoms with E-state index in [4.69, 9.17) is 17.3 Å². The Morgan fingerprint density at radius 3 is 2.55 bits per heavy atom. The molecule has 1 atom stereocenters. The summed E-state index contributed by atoms with van der Waals surface area (Å²) in [5.74, 6) is -0.320. The molecule has 0 aliphatic rings. The second-order valence-corrected chi connectivity index (χ2v) is 4.44. The number of alkyl halides is 3. The minimum absolute atomic E-state index is 0.320. The lowest BCUT2D eigenvalue weighted by Gasteiger charge is -2.14. The Bertz CT molecular complexity index is 587. The van der Waals surface area contributed by atoms with Gasteiger partial charge in [0.2, 0.25) is 0 Å². The molecule has 0 aliphatic carbocycles. The molecule has 1 heterocycles. The van der Waals surface area contributed by atoms with Crippen LogP contribution in [0.3, 0.4) is 0 Å². The molecule has 0 saturated carbocycles. The van der Waals surface area contributed by atoms with Gasteiger partial charge in [-0.25, -0.2) is 0 Å². The van der Waals surface area contributed by atoms with Crippen molar-refractivity contribution < 1.29 is 17.9 Å². The average molecular weight is 303 g/mol. The predicted octanol–water partition coefficient (Wildman–Crippen LogP) is 3.68. The largest absolute Gasteiger partial charge is 0.573 e. The average Bonchev–Trinajstić information content (AvgIpc) is 2.37. The van der Waals surface area contributed by atoms with E-state index >= 15 is 0 Å². The third kappa shape index (κ3) is 3.85. The Balaban J connectivity index is 2.24. The van der Waals surface area contributed by atoms with Crippen LogP contribution in [0.1, 0.15) is 17.3 Å². The van der Waals surface area contributed by atoms with Gasteiger partial charge in [-0.3, -0.25) is 4.98 Å². The molecular formula is C13H10ClF3N2O. The van der Waals surface area contributed by atoms with Gasteiger partial charge in [-0.15, -0.1) is 13.2 Å². The molecule has 0 saturated heterocycles. The van der Waals surface area contributed by atoms with Crippen LogP contribution >= 0.6 is 11.6 Å². The highest BCUT2D eigenvalue weighted by Crippen LogP contribution is 2.26. The second-order valence-electron chi connectivity index (χ2n) is 4.00. The first-order valence-electron chi connectivity index (χ1n) is 5.58. The topological polar surface area (TPSA) is 48.1 Å². The summed E-state index contributed by atoms with van der Waals surface area (Å²) in [6.07, 6.45) is -3.31. The van der Waals surface area contributed by atoms with Gasteiger partial charge in [0.25, 0.3) is 0 Å². The summed E-state index contributed by atoms with van der Waals surface area (Å²) in [5, 5.41) is 0.454. The number of rotatable bonds is 3. The smallest absolute Gasteiger partial charge is 0.406 e. The Morgan fingerprint density at radius 2 is 1.95 bits per heavy atom. The van der Waals surface area contributed by atoms with Crippen molar-refractivity contribution in [1.29, 1.82) is 0 Å². The lowest BCUT2D eigenvalue weighted by atomic mass is 10.0. The highest BCUT2D eigenvalue weighted by Gasteiger charge is 2.31. The molecule has 0 spiro atoms. The van der Waals surface area contributed by atoms with E-state index < -0.39 is 12.4 Å². The first-order valence-corrected chi connectivity index (χ1v) is 5.96. The molecule has 1 aromatic heterocycles. The number of halogens is 4. The van der Waals surface area contributed by atoms with Gasteiger partial charge >= 0.3 is 6.36 Å². The summed E-state index contributed by atoms with van der Waals surface area (Å²) < 4.78 is 40.3. The van der Waals surface area contributed by atoms with Crippen molar-refractivity contribution in [3.05, 3.63) is 58.9 Å². The summed E-state index contributed by atoms with van der Waals surface area (Å²) in [5.41, 5.74) is 6.92. The number of hydrogen-bond donors (Lipinski definition) is 1. The van der Waals surface area contributed by atoms with Crippen LogP contribution in [0, 0.1) is 0 Å². The molecule has 2 rings (SSSR count). The summed E-state index contributed by atoms with van der Waals surface area (Å²) in [7, 11) is 0. The van der Waals surface area contributed by atoms with Crippen molar-refractivity contribution in [1.82, 2.24) is 4.98 Å². The first-order chi connectivity index (χ1) is 9.35. The van der Waals surface area contributed by atoms with Crippen LogP contribution in [0.5, 0.6) is 5.75 Å². The van der Waals surface area contributed by atoms with Crippen LogP contribution in [-0.4, -0.2) is 11.3 Å². The van der Waals surface area contributed by atoms with Crippen LogP contribution in [0.15, 0.2) is 42.6 Å². The van der Waals surface area contributed by atoms with Gasteiger partial charge < -0.3 is 10.5 Å². The molecule has 3 nitrogen and oxygen atoms in total. The van der Waals surface area contributed by atoms with Crippen molar-refractivity contribution in [2.45, 2.75) is 12.4 Å². The molecule has 2 aromatic rings. The Hall–Kier alpha value is -1.79.